The number of nitrogens with one attached hydrogen (secondary N) is 1. The van der Waals surface area contributed by atoms with Crippen LogP contribution in [-0.4, -0.2) is 50.7 Å². The summed E-state index contributed by atoms with van der Waals surface area (Å²) in [6.45, 7) is 8.81. The largest absolute Gasteiger partial charge is 0.465 e. The molecule has 19 heavy (non-hydrogen) atoms. The number of likely N-dealkylation sites (tertiary alicyclic amines) is 1. The van der Waals surface area contributed by atoms with Crippen LogP contribution in [0.2, 0.25) is 0 Å². The molecule has 0 aliphatic carbocycles. The molecule has 4 heteroatoms. The molecular weight excluding hydrogens is 240 g/mol. The summed E-state index contributed by atoms with van der Waals surface area (Å²) in [5.41, 5.74) is 0. The van der Waals surface area contributed by atoms with Crippen LogP contribution in [0.4, 0.5) is 0 Å². The van der Waals surface area contributed by atoms with Gasteiger partial charge >= 0.3 is 5.97 Å². The quantitative estimate of drug-likeness (QED) is 0.795. The first-order chi connectivity index (χ1) is 9.25. The van der Waals surface area contributed by atoms with E-state index in [0.29, 0.717) is 12.5 Å². The fourth-order valence-electron chi connectivity index (χ4n) is 2.60. The topological polar surface area (TPSA) is 41.6 Å². The van der Waals surface area contributed by atoms with Gasteiger partial charge in [-0.15, -0.1) is 0 Å². The van der Waals surface area contributed by atoms with Crippen molar-refractivity contribution >= 4 is 5.97 Å². The van der Waals surface area contributed by atoms with E-state index in [2.05, 4.69) is 17.3 Å². The minimum atomic E-state index is 0.0328. The van der Waals surface area contributed by atoms with E-state index in [-0.39, 0.29) is 11.9 Å². The van der Waals surface area contributed by atoms with Crippen molar-refractivity contribution in [3.8, 4) is 0 Å². The second-order valence-electron chi connectivity index (χ2n) is 5.40. The summed E-state index contributed by atoms with van der Waals surface area (Å²) in [6, 6.07) is 0. The summed E-state index contributed by atoms with van der Waals surface area (Å²) in [6.07, 6.45) is 4.20. The van der Waals surface area contributed by atoms with Gasteiger partial charge in [0.15, 0.2) is 0 Å². The summed E-state index contributed by atoms with van der Waals surface area (Å²) in [5, 5.41) is 3.27. The Hall–Kier alpha value is -0.610. The van der Waals surface area contributed by atoms with Crippen molar-refractivity contribution in [3.05, 3.63) is 0 Å². The van der Waals surface area contributed by atoms with E-state index in [1.54, 1.807) is 0 Å². The number of ether oxygens (including phenoxy) is 1. The molecule has 2 saturated heterocycles. The molecule has 0 aromatic rings. The van der Waals surface area contributed by atoms with E-state index in [0.717, 1.165) is 51.9 Å². The van der Waals surface area contributed by atoms with Gasteiger partial charge < -0.3 is 15.0 Å². The SMILES string of the molecule is CC.CN1CCC(COC(=O)C2CCNCC2)CC1. The van der Waals surface area contributed by atoms with Gasteiger partial charge in [-0.05, 0) is 64.8 Å². The van der Waals surface area contributed by atoms with E-state index in [9.17, 15) is 4.79 Å². The minimum absolute atomic E-state index is 0.0328. The van der Waals surface area contributed by atoms with Gasteiger partial charge in [0.1, 0.15) is 0 Å². The number of piperidine rings is 2. The molecule has 0 bridgehead atoms. The summed E-state index contributed by atoms with van der Waals surface area (Å²) in [4.78, 5) is 14.2. The lowest BCUT2D eigenvalue weighted by atomic mass is 9.97. The molecule has 0 aromatic carbocycles. The Morgan fingerprint density at radius 3 is 2.32 bits per heavy atom. The number of nitrogens with zero attached hydrogens (tertiary/aromatic N) is 1. The molecule has 2 heterocycles. The third-order valence-corrected chi connectivity index (χ3v) is 3.97. The second-order valence-corrected chi connectivity index (χ2v) is 5.40. The van der Waals surface area contributed by atoms with Crippen molar-refractivity contribution in [2.45, 2.75) is 39.5 Å². The molecule has 4 nitrogen and oxygen atoms in total. The average Bonchev–Trinajstić information content (AvgIpc) is 2.49. The van der Waals surface area contributed by atoms with Gasteiger partial charge in [-0.2, -0.15) is 0 Å². The van der Waals surface area contributed by atoms with E-state index < -0.39 is 0 Å². The molecule has 112 valence electrons. The monoisotopic (exact) mass is 270 g/mol. The zero-order chi connectivity index (χ0) is 14.1. The first-order valence-electron chi connectivity index (χ1n) is 7.81. The second kappa shape index (κ2) is 9.32. The Kier molecular flexibility index (Phi) is 8.07. The molecular formula is C15H30N2O2. The van der Waals surface area contributed by atoms with Crippen LogP contribution in [0, 0.1) is 11.8 Å². The van der Waals surface area contributed by atoms with Gasteiger partial charge in [-0.1, -0.05) is 13.8 Å². The van der Waals surface area contributed by atoms with Gasteiger partial charge in [-0.3, -0.25) is 4.79 Å². The fraction of sp³-hybridized carbons (Fsp3) is 0.933. The number of hydrogen-bond donors (Lipinski definition) is 1. The van der Waals surface area contributed by atoms with E-state index in [1.165, 1.54) is 0 Å². The first kappa shape index (κ1) is 16.4. The van der Waals surface area contributed by atoms with Gasteiger partial charge in [0.2, 0.25) is 0 Å². The van der Waals surface area contributed by atoms with Crippen molar-refractivity contribution in [2.75, 3.05) is 39.8 Å². The normalized spacial score (nSPS) is 22.5. The zero-order valence-electron chi connectivity index (χ0n) is 12.8. The Morgan fingerprint density at radius 2 is 1.74 bits per heavy atom. The van der Waals surface area contributed by atoms with Gasteiger partial charge in [0.05, 0.1) is 12.5 Å². The van der Waals surface area contributed by atoms with E-state index in [4.69, 9.17) is 4.74 Å². The predicted molar refractivity (Wildman–Crippen MR) is 78.1 cm³/mol. The highest BCUT2D eigenvalue weighted by molar-refractivity contribution is 5.72. The van der Waals surface area contributed by atoms with Crippen LogP contribution in [0.1, 0.15) is 39.5 Å². The third-order valence-electron chi connectivity index (χ3n) is 3.97. The Bertz CT molecular complexity index is 245. The molecule has 0 unspecified atom stereocenters. The Morgan fingerprint density at radius 1 is 1.16 bits per heavy atom. The number of hydrogen-bond acceptors (Lipinski definition) is 4. The van der Waals surface area contributed by atoms with Crippen molar-refractivity contribution in [1.29, 1.82) is 0 Å². The maximum absolute atomic E-state index is 11.8. The molecule has 2 aliphatic heterocycles. The smallest absolute Gasteiger partial charge is 0.309 e. The fourth-order valence-corrected chi connectivity index (χ4v) is 2.60. The lowest BCUT2D eigenvalue weighted by Gasteiger charge is -2.29. The number of esters is 1. The van der Waals surface area contributed by atoms with E-state index in [1.807, 2.05) is 13.8 Å². The maximum Gasteiger partial charge on any atom is 0.309 e. The van der Waals surface area contributed by atoms with Crippen molar-refractivity contribution < 1.29 is 9.53 Å². The van der Waals surface area contributed by atoms with Crippen molar-refractivity contribution in [1.82, 2.24) is 10.2 Å². The number of carbonyl (C=O) groups excluding carboxylic acids is 1. The summed E-state index contributed by atoms with van der Waals surface area (Å²) in [7, 11) is 2.15. The molecule has 0 aromatic heterocycles. The van der Waals surface area contributed by atoms with Gasteiger partial charge in [0.25, 0.3) is 0 Å². The Balaban J connectivity index is 0.000000861. The molecule has 0 saturated carbocycles. The molecule has 2 aliphatic rings. The summed E-state index contributed by atoms with van der Waals surface area (Å²) < 4.78 is 5.47. The van der Waals surface area contributed by atoms with Crippen LogP contribution in [0.3, 0.4) is 0 Å². The number of rotatable bonds is 3. The highest BCUT2D eigenvalue weighted by Gasteiger charge is 2.24. The first-order valence-corrected chi connectivity index (χ1v) is 7.81. The van der Waals surface area contributed by atoms with Crippen LogP contribution < -0.4 is 5.32 Å². The van der Waals surface area contributed by atoms with Crippen LogP contribution in [0.15, 0.2) is 0 Å². The lowest BCUT2D eigenvalue weighted by molar-refractivity contribution is -0.151. The van der Waals surface area contributed by atoms with Gasteiger partial charge in [0, 0.05) is 0 Å². The molecule has 0 radical (unpaired) electrons. The third kappa shape index (κ3) is 5.91. The van der Waals surface area contributed by atoms with Crippen LogP contribution in [0.25, 0.3) is 0 Å². The molecule has 1 N–H and O–H groups in total. The molecule has 0 spiro atoms. The van der Waals surface area contributed by atoms with Crippen LogP contribution >= 0.6 is 0 Å². The highest BCUT2D eigenvalue weighted by atomic mass is 16.5. The highest BCUT2D eigenvalue weighted by Crippen LogP contribution is 2.18. The average molecular weight is 270 g/mol. The molecule has 0 amide bonds. The standard InChI is InChI=1S/C13H24N2O2.C2H6/c1-15-8-4-11(5-9-15)10-17-13(16)12-2-6-14-7-3-12;1-2/h11-12,14H,2-10H2,1H3;1-2H3. The summed E-state index contributed by atoms with van der Waals surface area (Å²) in [5.74, 6) is 0.754. The summed E-state index contributed by atoms with van der Waals surface area (Å²) >= 11 is 0. The lowest BCUT2D eigenvalue weighted by Crippen LogP contribution is -2.35. The molecule has 2 fully saturated rings. The molecule has 2 rings (SSSR count). The van der Waals surface area contributed by atoms with Crippen LogP contribution in [-0.2, 0) is 9.53 Å². The Labute approximate surface area is 117 Å². The maximum atomic E-state index is 11.8. The van der Waals surface area contributed by atoms with Gasteiger partial charge in [-0.25, -0.2) is 0 Å². The van der Waals surface area contributed by atoms with Crippen molar-refractivity contribution in [3.63, 3.8) is 0 Å². The zero-order valence-corrected chi connectivity index (χ0v) is 12.8. The predicted octanol–water partition coefficient (Wildman–Crippen LogP) is 1.90. The van der Waals surface area contributed by atoms with E-state index >= 15 is 0 Å². The molecule has 0 atom stereocenters. The minimum Gasteiger partial charge on any atom is -0.465 e. The van der Waals surface area contributed by atoms with Crippen LogP contribution in [0.5, 0.6) is 0 Å². The number of carbonyl (C=O) groups is 1. The van der Waals surface area contributed by atoms with Crippen molar-refractivity contribution in [2.24, 2.45) is 11.8 Å².